The molecule has 0 spiro atoms. The third-order valence-corrected chi connectivity index (χ3v) is 9.40. The first-order valence-corrected chi connectivity index (χ1v) is 12.1. The second-order valence-corrected chi connectivity index (χ2v) is 11.1. The lowest BCUT2D eigenvalue weighted by Crippen LogP contribution is -2.50. The number of fused-ring (bicyclic) bond motifs is 2. The molecule has 4 rings (SSSR count). The lowest BCUT2D eigenvalue weighted by atomic mass is 9.75. The van der Waals surface area contributed by atoms with Gasteiger partial charge in [-0.1, -0.05) is 11.6 Å². The van der Waals surface area contributed by atoms with Crippen LogP contribution in [0.15, 0.2) is 41.3 Å². The summed E-state index contributed by atoms with van der Waals surface area (Å²) in [6, 6.07) is 6.68. The largest absolute Gasteiger partial charge is 0.393 e. The predicted octanol–water partition coefficient (Wildman–Crippen LogP) is 3.56. The fourth-order valence-corrected chi connectivity index (χ4v) is 7.34. The quantitative estimate of drug-likeness (QED) is 0.601. The Balaban J connectivity index is 1.59. The van der Waals surface area contributed by atoms with E-state index in [9.17, 15) is 32.2 Å². The van der Waals surface area contributed by atoms with Gasteiger partial charge in [-0.2, -0.15) is 0 Å². The van der Waals surface area contributed by atoms with Gasteiger partial charge in [-0.15, -0.1) is 0 Å². The number of hydrogen-bond acceptors (Lipinski definition) is 5. The summed E-state index contributed by atoms with van der Waals surface area (Å²) >= 11 is 6.18. The van der Waals surface area contributed by atoms with Crippen LogP contribution in [0.1, 0.15) is 36.0 Å². The molecule has 2 aromatic carbocycles. The Bertz CT molecular complexity index is 1160. The van der Waals surface area contributed by atoms with Crippen molar-refractivity contribution < 1.29 is 32.2 Å². The van der Waals surface area contributed by atoms with Gasteiger partial charge in [-0.3, -0.25) is 4.79 Å². The van der Waals surface area contributed by atoms with E-state index in [-0.39, 0.29) is 45.8 Å². The zero-order valence-electron chi connectivity index (χ0n) is 16.9. The van der Waals surface area contributed by atoms with Crippen LogP contribution >= 0.6 is 11.6 Å². The molecule has 2 aromatic rings. The maximum atomic E-state index is 13.4. The van der Waals surface area contributed by atoms with E-state index < -0.39 is 44.8 Å². The minimum absolute atomic E-state index is 0.0108. The molecule has 10 heteroatoms. The summed E-state index contributed by atoms with van der Waals surface area (Å²) in [5.41, 5.74) is -1.26. The van der Waals surface area contributed by atoms with Gasteiger partial charge >= 0.3 is 0 Å². The molecule has 172 valence electrons. The first-order valence-electron chi connectivity index (χ1n) is 10.2. The van der Waals surface area contributed by atoms with Crippen molar-refractivity contribution in [1.82, 2.24) is 0 Å². The SMILES string of the molecule is O=C(Nc1ccc(F)c(F)c1)c1ccc(Cl)c(S(=O)(=O)[C@@H]2CC3CC[C@@H](C2)[C@]3(O)CO)c1. The molecule has 0 radical (unpaired) electrons. The summed E-state index contributed by atoms with van der Waals surface area (Å²) in [5, 5.41) is 21.9. The highest BCUT2D eigenvalue weighted by molar-refractivity contribution is 7.92. The lowest BCUT2D eigenvalue weighted by Gasteiger charge is -2.41. The van der Waals surface area contributed by atoms with Crippen molar-refractivity contribution in [2.75, 3.05) is 11.9 Å². The molecule has 1 amide bonds. The van der Waals surface area contributed by atoms with Crippen LogP contribution in [-0.2, 0) is 9.84 Å². The van der Waals surface area contributed by atoms with Crippen LogP contribution in [0.2, 0.25) is 5.02 Å². The number of sulfone groups is 1. The molecule has 2 fully saturated rings. The smallest absolute Gasteiger partial charge is 0.255 e. The number of rotatable bonds is 5. The first kappa shape index (κ1) is 23.1. The monoisotopic (exact) mass is 485 g/mol. The molecular formula is C22H22ClF2NO5S. The number of carbonyl (C=O) groups excluding carboxylic acids is 1. The Hall–Kier alpha value is -2.07. The van der Waals surface area contributed by atoms with Crippen LogP contribution < -0.4 is 5.32 Å². The zero-order valence-corrected chi connectivity index (χ0v) is 18.5. The van der Waals surface area contributed by atoms with Crippen molar-refractivity contribution in [3.05, 3.63) is 58.6 Å². The molecule has 0 saturated heterocycles. The van der Waals surface area contributed by atoms with Crippen molar-refractivity contribution in [1.29, 1.82) is 0 Å². The molecule has 4 atom stereocenters. The summed E-state index contributed by atoms with van der Waals surface area (Å²) in [5.74, 6) is -3.55. The summed E-state index contributed by atoms with van der Waals surface area (Å²) in [6.07, 6.45) is 1.66. The molecule has 3 N–H and O–H groups in total. The topological polar surface area (TPSA) is 104 Å². The Labute approximate surface area is 189 Å². The average molecular weight is 486 g/mol. The molecule has 0 heterocycles. The zero-order chi connectivity index (χ0) is 23.3. The van der Waals surface area contributed by atoms with Crippen molar-refractivity contribution in [2.45, 2.75) is 41.4 Å². The minimum atomic E-state index is -3.93. The number of aliphatic hydroxyl groups is 2. The van der Waals surface area contributed by atoms with Gasteiger partial charge in [0.2, 0.25) is 0 Å². The Morgan fingerprint density at radius 3 is 2.34 bits per heavy atom. The number of carbonyl (C=O) groups is 1. The second kappa shape index (κ2) is 8.37. The Kier molecular flexibility index (Phi) is 6.04. The van der Waals surface area contributed by atoms with Crippen LogP contribution in [0.25, 0.3) is 0 Å². The van der Waals surface area contributed by atoms with E-state index in [1.165, 1.54) is 24.3 Å². The van der Waals surface area contributed by atoms with E-state index in [0.717, 1.165) is 12.1 Å². The molecule has 1 unspecified atom stereocenters. The van der Waals surface area contributed by atoms with Gasteiger partial charge in [0.15, 0.2) is 21.5 Å². The van der Waals surface area contributed by atoms with Gasteiger partial charge in [0, 0.05) is 17.3 Å². The van der Waals surface area contributed by atoms with Gasteiger partial charge in [0.1, 0.15) is 0 Å². The predicted molar refractivity (Wildman–Crippen MR) is 114 cm³/mol. The van der Waals surface area contributed by atoms with E-state index in [0.29, 0.717) is 12.8 Å². The van der Waals surface area contributed by atoms with Crippen LogP contribution in [-0.4, -0.2) is 42.0 Å². The molecule has 2 aliphatic carbocycles. The lowest BCUT2D eigenvalue weighted by molar-refractivity contribution is -0.0943. The van der Waals surface area contributed by atoms with E-state index in [2.05, 4.69) is 5.32 Å². The minimum Gasteiger partial charge on any atom is -0.393 e. The van der Waals surface area contributed by atoms with E-state index in [4.69, 9.17) is 11.6 Å². The third-order valence-electron chi connectivity index (χ3n) is 6.74. The highest BCUT2D eigenvalue weighted by atomic mass is 35.5. The van der Waals surface area contributed by atoms with Crippen LogP contribution in [0.5, 0.6) is 0 Å². The van der Waals surface area contributed by atoms with Gasteiger partial charge in [0.05, 0.1) is 27.4 Å². The highest BCUT2D eigenvalue weighted by Crippen LogP contribution is 2.51. The molecule has 32 heavy (non-hydrogen) atoms. The summed E-state index contributed by atoms with van der Waals surface area (Å²) in [7, 11) is -3.93. The third kappa shape index (κ3) is 3.91. The van der Waals surface area contributed by atoms with Crippen molar-refractivity contribution in [3.8, 4) is 0 Å². The fourth-order valence-electron chi connectivity index (χ4n) is 4.94. The average Bonchev–Trinajstić information content (AvgIpc) is 2.92. The number of benzene rings is 2. The second-order valence-electron chi connectivity index (χ2n) is 8.49. The molecule has 0 aliphatic heterocycles. The van der Waals surface area contributed by atoms with Crippen molar-refractivity contribution in [2.24, 2.45) is 11.8 Å². The normalized spacial score (nSPS) is 27.3. The summed E-state index contributed by atoms with van der Waals surface area (Å²) in [6.45, 7) is -0.407. The Morgan fingerprint density at radius 2 is 1.75 bits per heavy atom. The maximum absolute atomic E-state index is 13.4. The molecule has 2 saturated carbocycles. The molecule has 0 aromatic heterocycles. The van der Waals surface area contributed by atoms with Crippen molar-refractivity contribution in [3.63, 3.8) is 0 Å². The van der Waals surface area contributed by atoms with Gasteiger partial charge in [-0.25, -0.2) is 17.2 Å². The standard InChI is InChI=1S/C22H22ClF2NO5S/c23-17-5-1-12(21(28)26-15-4-6-18(24)19(25)10-15)7-20(17)32(30,31)16-8-13-2-3-14(9-16)22(13,29)11-27/h1,4-7,10,13-14,16,27,29H,2-3,8-9,11H2,(H,26,28)/t13-,14?,16-,22+/m0/s1. The van der Waals surface area contributed by atoms with Crippen LogP contribution in [0.3, 0.4) is 0 Å². The fraction of sp³-hybridized carbons (Fsp3) is 0.409. The van der Waals surface area contributed by atoms with Crippen LogP contribution in [0, 0.1) is 23.5 Å². The molecule has 2 aliphatic rings. The van der Waals surface area contributed by atoms with Gasteiger partial charge in [-0.05, 0) is 67.9 Å². The van der Waals surface area contributed by atoms with Crippen molar-refractivity contribution >= 4 is 33.0 Å². The number of hydrogen-bond donors (Lipinski definition) is 3. The Morgan fingerprint density at radius 1 is 1.09 bits per heavy atom. The van der Waals surface area contributed by atoms with E-state index >= 15 is 0 Å². The molecule has 2 bridgehead atoms. The van der Waals surface area contributed by atoms with E-state index in [1.807, 2.05) is 0 Å². The number of halogens is 3. The number of aliphatic hydroxyl groups excluding tert-OH is 1. The number of nitrogens with one attached hydrogen (secondary N) is 1. The van der Waals surface area contributed by atoms with Crippen LogP contribution in [0.4, 0.5) is 14.5 Å². The summed E-state index contributed by atoms with van der Waals surface area (Å²) < 4.78 is 53.3. The maximum Gasteiger partial charge on any atom is 0.255 e. The highest BCUT2D eigenvalue weighted by Gasteiger charge is 2.55. The van der Waals surface area contributed by atoms with Gasteiger partial charge < -0.3 is 15.5 Å². The summed E-state index contributed by atoms with van der Waals surface area (Å²) in [4.78, 5) is 12.4. The number of anilines is 1. The number of amides is 1. The molecule has 6 nitrogen and oxygen atoms in total. The molecular weight excluding hydrogens is 464 g/mol. The van der Waals surface area contributed by atoms with Gasteiger partial charge in [0.25, 0.3) is 5.91 Å². The van der Waals surface area contributed by atoms with E-state index in [1.54, 1.807) is 0 Å². The first-order chi connectivity index (χ1) is 15.1.